The number of ether oxygens (including phenoxy) is 1. The molecule has 0 aliphatic heterocycles. The van der Waals surface area contributed by atoms with Gasteiger partial charge in [-0.15, -0.1) is 6.42 Å². The summed E-state index contributed by atoms with van der Waals surface area (Å²) >= 11 is 0. The molecule has 3 nitrogen and oxygen atoms in total. The molecule has 1 fully saturated rings. The van der Waals surface area contributed by atoms with Gasteiger partial charge < -0.3 is 9.64 Å². The lowest BCUT2D eigenvalue weighted by atomic mass is 10.1. The Balaban J connectivity index is 2.20. The van der Waals surface area contributed by atoms with Crippen LogP contribution in [0, 0.1) is 18.2 Å². The van der Waals surface area contributed by atoms with Crippen LogP contribution >= 0.6 is 0 Å². The van der Waals surface area contributed by atoms with Crippen molar-refractivity contribution in [2.45, 2.75) is 64.6 Å². The van der Waals surface area contributed by atoms with Crippen LogP contribution in [0.1, 0.15) is 57.6 Å². The first kappa shape index (κ1) is 17.3. The summed E-state index contributed by atoms with van der Waals surface area (Å²) in [5.41, 5.74) is 0.496. The van der Waals surface area contributed by atoms with E-state index in [2.05, 4.69) is 5.92 Å². The second kappa shape index (κ2) is 7.04. The van der Waals surface area contributed by atoms with Crippen molar-refractivity contribution in [1.29, 1.82) is 0 Å². The Morgan fingerprint density at radius 3 is 2.61 bits per heavy atom. The molecular weight excluding hydrogens is 293 g/mol. The van der Waals surface area contributed by atoms with Crippen molar-refractivity contribution in [3.8, 4) is 12.3 Å². The number of rotatable bonds is 3. The van der Waals surface area contributed by atoms with Gasteiger partial charge in [0.05, 0.1) is 5.56 Å². The molecule has 1 aliphatic carbocycles. The monoisotopic (exact) mass is 317 g/mol. The fourth-order valence-electron chi connectivity index (χ4n) is 2.86. The molecule has 0 spiro atoms. The van der Waals surface area contributed by atoms with E-state index in [9.17, 15) is 9.18 Å². The smallest absolute Gasteiger partial charge is 0.410 e. The Morgan fingerprint density at radius 1 is 1.39 bits per heavy atom. The molecule has 0 unspecified atom stereocenters. The fraction of sp³-hybridized carbons (Fsp3) is 0.526. The third-order valence-corrected chi connectivity index (χ3v) is 3.93. The lowest BCUT2D eigenvalue weighted by Gasteiger charge is -2.31. The molecule has 2 rings (SSSR count). The Kier molecular flexibility index (Phi) is 5.30. The van der Waals surface area contributed by atoms with E-state index in [4.69, 9.17) is 11.2 Å². The largest absolute Gasteiger partial charge is 0.444 e. The first-order valence-electron chi connectivity index (χ1n) is 8.05. The summed E-state index contributed by atoms with van der Waals surface area (Å²) in [7, 11) is 0. The van der Waals surface area contributed by atoms with E-state index in [-0.39, 0.29) is 17.7 Å². The van der Waals surface area contributed by atoms with Crippen LogP contribution in [-0.4, -0.2) is 22.6 Å². The van der Waals surface area contributed by atoms with Gasteiger partial charge in [0, 0.05) is 12.6 Å². The molecule has 1 amide bonds. The number of hydrogen-bond donors (Lipinski definition) is 0. The zero-order chi connectivity index (χ0) is 17.0. The first-order chi connectivity index (χ1) is 10.8. The Hall–Kier alpha value is -2.02. The third kappa shape index (κ3) is 4.72. The van der Waals surface area contributed by atoms with Crippen molar-refractivity contribution in [3.63, 3.8) is 0 Å². The van der Waals surface area contributed by atoms with Gasteiger partial charge in [0.1, 0.15) is 11.4 Å². The molecule has 1 aromatic carbocycles. The van der Waals surface area contributed by atoms with Gasteiger partial charge >= 0.3 is 6.09 Å². The standard InChI is InChI=1S/C19H24FNO2/c1-5-15-12-14(10-11-17(15)20)13-21(16-8-6-7-9-16)18(22)23-19(2,3)4/h1,10-12,16H,6-9,13H2,2-4H3. The number of benzene rings is 1. The number of hydrogen-bond acceptors (Lipinski definition) is 2. The minimum Gasteiger partial charge on any atom is -0.444 e. The van der Waals surface area contributed by atoms with Gasteiger partial charge in [-0.1, -0.05) is 24.8 Å². The molecule has 1 aromatic rings. The van der Waals surface area contributed by atoms with Crippen LogP contribution in [-0.2, 0) is 11.3 Å². The van der Waals surface area contributed by atoms with E-state index in [1.54, 1.807) is 17.0 Å². The number of carbonyl (C=O) groups excluding carboxylic acids is 1. The average Bonchev–Trinajstić information content (AvgIpc) is 2.98. The van der Waals surface area contributed by atoms with Gasteiger partial charge in [-0.05, 0) is 51.3 Å². The van der Waals surface area contributed by atoms with Crippen LogP contribution in [0.3, 0.4) is 0 Å². The third-order valence-electron chi connectivity index (χ3n) is 3.93. The molecule has 0 N–H and O–H groups in total. The minimum atomic E-state index is -0.541. The van der Waals surface area contributed by atoms with E-state index >= 15 is 0 Å². The summed E-state index contributed by atoms with van der Waals surface area (Å²) in [5, 5.41) is 0. The maximum Gasteiger partial charge on any atom is 0.410 e. The number of terminal acetylenes is 1. The van der Waals surface area contributed by atoms with Gasteiger partial charge in [-0.3, -0.25) is 0 Å². The van der Waals surface area contributed by atoms with Crippen molar-refractivity contribution < 1.29 is 13.9 Å². The summed E-state index contributed by atoms with van der Waals surface area (Å²) in [5.74, 6) is 1.92. The van der Waals surface area contributed by atoms with Crippen molar-refractivity contribution >= 4 is 6.09 Å². The van der Waals surface area contributed by atoms with Crippen molar-refractivity contribution in [1.82, 2.24) is 4.90 Å². The molecule has 4 heteroatoms. The summed E-state index contributed by atoms with van der Waals surface area (Å²) in [6.45, 7) is 5.94. The van der Waals surface area contributed by atoms with Crippen molar-refractivity contribution in [2.24, 2.45) is 0 Å². The normalized spacial score (nSPS) is 15.3. The molecule has 124 valence electrons. The maximum atomic E-state index is 13.5. The van der Waals surface area contributed by atoms with Gasteiger partial charge in [0.25, 0.3) is 0 Å². The molecular formula is C19H24FNO2. The second-order valence-corrected chi connectivity index (χ2v) is 7.01. The zero-order valence-electron chi connectivity index (χ0n) is 14.1. The van der Waals surface area contributed by atoms with E-state index in [0.717, 1.165) is 31.2 Å². The maximum absolute atomic E-state index is 13.5. The van der Waals surface area contributed by atoms with Gasteiger partial charge in [-0.2, -0.15) is 0 Å². The van der Waals surface area contributed by atoms with Crippen LogP contribution < -0.4 is 0 Å². The number of carbonyl (C=O) groups is 1. The Labute approximate surface area is 137 Å². The van der Waals surface area contributed by atoms with Crippen LogP contribution in [0.25, 0.3) is 0 Å². The SMILES string of the molecule is C#Cc1cc(CN(C(=O)OC(C)(C)C)C2CCCC2)ccc1F. The lowest BCUT2D eigenvalue weighted by Crippen LogP contribution is -2.41. The molecule has 1 saturated carbocycles. The topological polar surface area (TPSA) is 29.5 Å². The Bertz CT molecular complexity index is 607. The summed E-state index contributed by atoms with van der Waals surface area (Å²) < 4.78 is 19.1. The summed E-state index contributed by atoms with van der Waals surface area (Å²) in [6, 6.07) is 4.82. The van der Waals surface area contributed by atoms with Crippen LogP contribution in [0.4, 0.5) is 9.18 Å². The molecule has 0 atom stereocenters. The average molecular weight is 317 g/mol. The fourth-order valence-corrected chi connectivity index (χ4v) is 2.86. The van der Waals surface area contributed by atoms with E-state index in [0.29, 0.717) is 6.54 Å². The minimum absolute atomic E-state index is 0.171. The Morgan fingerprint density at radius 2 is 2.04 bits per heavy atom. The van der Waals surface area contributed by atoms with E-state index in [1.165, 1.54) is 6.07 Å². The number of nitrogens with zero attached hydrogens (tertiary/aromatic N) is 1. The van der Waals surface area contributed by atoms with Gasteiger partial charge in [0.15, 0.2) is 0 Å². The predicted molar refractivity (Wildman–Crippen MR) is 88.4 cm³/mol. The predicted octanol–water partition coefficient (Wildman–Crippen LogP) is 4.49. The number of halogens is 1. The first-order valence-corrected chi connectivity index (χ1v) is 8.05. The molecule has 1 aliphatic rings. The molecule has 0 aromatic heterocycles. The molecule has 0 radical (unpaired) electrons. The molecule has 23 heavy (non-hydrogen) atoms. The highest BCUT2D eigenvalue weighted by Crippen LogP contribution is 2.27. The highest BCUT2D eigenvalue weighted by atomic mass is 19.1. The molecule has 0 heterocycles. The highest BCUT2D eigenvalue weighted by molar-refractivity contribution is 5.68. The van der Waals surface area contributed by atoms with Gasteiger partial charge in [-0.25, -0.2) is 9.18 Å². The molecule has 0 saturated heterocycles. The van der Waals surface area contributed by atoms with Crippen LogP contribution in [0.5, 0.6) is 0 Å². The lowest BCUT2D eigenvalue weighted by molar-refractivity contribution is 0.0145. The summed E-state index contributed by atoms with van der Waals surface area (Å²) in [4.78, 5) is 14.3. The molecule has 0 bridgehead atoms. The highest BCUT2D eigenvalue weighted by Gasteiger charge is 2.30. The van der Waals surface area contributed by atoms with E-state index < -0.39 is 11.4 Å². The van der Waals surface area contributed by atoms with Crippen LogP contribution in [0.2, 0.25) is 0 Å². The summed E-state index contributed by atoms with van der Waals surface area (Å²) in [6.07, 6.45) is 9.17. The van der Waals surface area contributed by atoms with Gasteiger partial charge in [0.2, 0.25) is 0 Å². The van der Waals surface area contributed by atoms with Crippen molar-refractivity contribution in [2.75, 3.05) is 0 Å². The second-order valence-electron chi connectivity index (χ2n) is 7.01. The number of amides is 1. The quantitative estimate of drug-likeness (QED) is 0.769. The van der Waals surface area contributed by atoms with Crippen molar-refractivity contribution in [3.05, 3.63) is 35.1 Å². The zero-order valence-corrected chi connectivity index (χ0v) is 14.1. The van der Waals surface area contributed by atoms with Crippen LogP contribution in [0.15, 0.2) is 18.2 Å². The van der Waals surface area contributed by atoms with E-state index in [1.807, 2.05) is 20.8 Å².